The first-order chi connectivity index (χ1) is 14.3. The monoisotopic (exact) mass is 549 g/mol. The topological polar surface area (TPSA) is 60.4 Å². The molecule has 7 nitrogen and oxygen atoms in total. The van der Waals surface area contributed by atoms with E-state index < -0.39 is 5.60 Å². The van der Waals surface area contributed by atoms with Gasteiger partial charge in [-0.2, -0.15) is 0 Å². The number of nitrogens with zero attached hydrogens (tertiary/aromatic N) is 4. The van der Waals surface area contributed by atoms with Crippen molar-refractivity contribution >= 4 is 36.0 Å². The summed E-state index contributed by atoms with van der Waals surface area (Å²) in [5.41, 5.74) is -0.447. The summed E-state index contributed by atoms with van der Waals surface area (Å²) in [5.74, 6) is 1.69. The smallest absolute Gasteiger partial charge is 0.410 e. The van der Waals surface area contributed by atoms with Crippen LogP contribution in [0.2, 0.25) is 0 Å². The van der Waals surface area contributed by atoms with E-state index in [1.165, 1.54) is 32.2 Å². The fraction of sp³-hybridized carbons (Fsp3) is 0.913. The molecule has 1 saturated carbocycles. The molecular weight excluding hydrogens is 505 g/mol. The number of hydrogen-bond donors (Lipinski definition) is 1. The Morgan fingerprint density at radius 3 is 2.32 bits per heavy atom. The van der Waals surface area contributed by atoms with E-state index in [-0.39, 0.29) is 36.1 Å². The van der Waals surface area contributed by atoms with Crippen molar-refractivity contribution in [2.75, 3.05) is 46.3 Å². The van der Waals surface area contributed by atoms with Crippen molar-refractivity contribution in [1.82, 2.24) is 20.0 Å². The van der Waals surface area contributed by atoms with Gasteiger partial charge in [-0.3, -0.25) is 4.99 Å². The maximum Gasteiger partial charge on any atom is 0.410 e. The second-order valence-corrected chi connectivity index (χ2v) is 10.3. The van der Waals surface area contributed by atoms with Crippen LogP contribution in [0.15, 0.2) is 4.99 Å². The Balaban J connectivity index is 0.00000341. The zero-order chi connectivity index (χ0) is 21.7. The Morgan fingerprint density at radius 1 is 1.13 bits per heavy atom. The molecule has 1 unspecified atom stereocenters. The Kier molecular flexibility index (Phi) is 10.2. The molecule has 0 spiro atoms. The largest absolute Gasteiger partial charge is 0.444 e. The molecule has 1 amide bonds. The minimum Gasteiger partial charge on any atom is -0.444 e. The summed E-state index contributed by atoms with van der Waals surface area (Å²) in [6.45, 7) is 13.6. The number of likely N-dealkylation sites (N-methyl/N-ethyl adjacent to an activating group) is 1. The van der Waals surface area contributed by atoms with E-state index in [1.807, 2.05) is 25.7 Å². The van der Waals surface area contributed by atoms with Gasteiger partial charge in [-0.05, 0) is 85.7 Å². The van der Waals surface area contributed by atoms with E-state index in [9.17, 15) is 4.79 Å². The fourth-order valence-electron chi connectivity index (χ4n) is 4.49. The van der Waals surface area contributed by atoms with Gasteiger partial charge in [-0.1, -0.05) is 0 Å². The van der Waals surface area contributed by atoms with E-state index in [0.717, 1.165) is 51.5 Å². The highest BCUT2D eigenvalue weighted by Gasteiger charge is 2.35. The van der Waals surface area contributed by atoms with Crippen LogP contribution in [0.3, 0.4) is 0 Å². The molecule has 3 aliphatic rings. The highest BCUT2D eigenvalue weighted by atomic mass is 127. The molecule has 0 bridgehead atoms. The van der Waals surface area contributed by atoms with Crippen molar-refractivity contribution in [1.29, 1.82) is 0 Å². The summed E-state index contributed by atoms with van der Waals surface area (Å²) in [6.07, 6.45) is 6.81. The molecule has 3 rings (SSSR count). The first-order valence-electron chi connectivity index (χ1n) is 12.0. The molecular formula is C23H44IN5O2. The highest BCUT2D eigenvalue weighted by Crippen LogP contribution is 2.32. The molecule has 180 valence electrons. The second kappa shape index (κ2) is 11.9. The lowest BCUT2D eigenvalue weighted by molar-refractivity contribution is 0.00928. The third kappa shape index (κ3) is 8.26. The van der Waals surface area contributed by atoms with Crippen LogP contribution in [0.4, 0.5) is 4.79 Å². The highest BCUT2D eigenvalue weighted by molar-refractivity contribution is 14.0. The number of hydrogen-bond acceptors (Lipinski definition) is 4. The van der Waals surface area contributed by atoms with Crippen LogP contribution in [-0.2, 0) is 4.74 Å². The van der Waals surface area contributed by atoms with Crippen LogP contribution >= 0.6 is 24.0 Å². The Hall–Kier alpha value is -0.770. The third-order valence-electron chi connectivity index (χ3n) is 6.44. The van der Waals surface area contributed by atoms with Gasteiger partial charge in [0.1, 0.15) is 5.60 Å². The van der Waals surface area contributed by atoms with E-state index in [2.05, 4.69) is 29.1 Å². The SMILES string of the molecule is CCNC(=NCC1CCCN1C)N1CCC(N(CC2CC2)C(=O)OC(C)(C)C)CC1.I. The van der Waals surface area contributed by atoms with E-state index in [4.69, 9.17) is 9.73 Å². The van der Waals surface area contributed by atoms with Crippen molar-refractivity contribution < 1.29 is 9.53 Å². The molecule has 1 N–H and O–H groups in total. The number of rotatable bonds is 6. The average Bonchev–Trinajstić information content (AvgIpc) is 3.42. The predicted octanol–water partition coefficient (Wildman–Crippen LogP) is 3.78. The molecule has 2 heterocycles. The number of halogens is 1. The number of carbonyl (C=O) groups excluding carboxylic acids is 1. The Morgan fingerprint density at radius 2 is 1.81 bits per heavy atom. The van der Waals surface area contributed by atoms with Crippen LogP contribution in [0.1, 0.15) is 66.2 Å². The molecule has 1 atom stereocenters. The first kappa shape index (κ1) is 26.5. The lowest BCUT2D eigenvalue weighted by Gasteiger charge is -2.40. The predicted molar refractivity (Wildman–Crippen MR) is 137 cm³/mol. The van der Waals surface area contributed by atoms with Gasteiger partial charge < -0.3 is 24.8 Å². The molecule has 2 aliphatic heterocycles. The number of likely N-dealkylation sites (tertiary alicyclic amines) is 2. The van der Waals surface area contributed by atoms with Crippen LogP contribution < -0.4 is 5.32 Å². The maximum absolute atomic E-state index is 12.9. The molecule has 0 aromatic carbocycles. The van der Waals surface area contributed by atoms with Crippen LogP contribution in [0.25, 0.3) is 0 Å². The van der Waals surface area contributed by atoms with Gasteiger partial charge in [0.25, 0.3) is 0 Å². The molecule has 0 radical (unpaired) electrons. The van der Waals surface area contributed by atoms with Gasteiger partial charge in [0.2, 0.25) is 0 Å². The van der Waals surface area contributed by atoms with Crippen molar-refractivity contribution in [3.05, 3.63) is 0 Å². The number of amides is 1. The van der Waals surface area contributed by atoms with Gasteiger partial charge in [-0.15, -0.1) is 24.0 Å². The fourth-order valence-corrected chi connectivity index (χ4v) is 4.49. The summed E-state index contributed by atoms with van der Waals surface area (Å²) >= 11 is 0. The van der Waals surface area contributed by atoms with Crippen LogP contribution in [-0.4, -0.2) is 90.8 Å². The lowest BCUT2D eigenvalue weighted by Crippen LogP contribution is -2.52. The standard InChI is InChI=1S/C23H43N5O2.HI/c1-6-24-21(25-16-20-8-7-13-26(20)5)27-14-11-19(12-15-27)28(17-18-9-10-18)22(29)30-23(2,3)4;/h18-20H,6-17H2,1-5H3,(H,24,25);1H. The van der Waals surface area contributed by atoms with Gasteiger partial charge in [0.15, 0.2) is 5.96 Å². The van der Waals surface area contributed by atoms with Crippen LogP contribution in [0, 0.1) is 5.92 Å². The number of guanidine groups is 1. The summed E-state index contributed by atoms with van der Waals surface area (Å²) in [4.78, 5) is 24.7. The number of piperidine rings is 1. The molecule has 3 fully saturated rings. The normalized spacial score (nSPS) is 23.5. The van der Waals surface area contributed by atoms with E-state index >= 15 is 0 Å². The number of nitrogens with one attached hydrogen (secondary N) is 1. The third-order valence-corrected chi connectivity index (χ3v) is 6.44. The molecule has 31 heavy (non-hydrogen) atoms. The van der Waals surface area contributed by atoms with Gasteiger partial charge in [0, 0.05) is 38.3 Å². The van der Waals surface area contributed by atoms with Gasteiger partial charge >= 0.3 is 6.09 Å². The Bertz CT molecular complexity index is 597. The average molecular weight is 550 g/mol. The van der Waals surface area contributed by atoms with Crippen molar-refractivity contribution in [2.24, 2.45) is 10.9 Å². The second-order valence-electron chi connectivity index (χ2n) is 10.3. The number of carbonyl (C=O) groups is 1. The zero-order valence-electron chi connectivity index (χ0n) is 20.2. The quantitative estimate of drug-likeness (QED) is 0.311. The van der Waals surface area contributed by atoms with Crippen molar-refractivity contribution in [3.63, 3.8) is 0 Å². The molecule has 8 heteroatoms. The molecule has 2 saturated heterocycles. The van der Waals surface area contributed by atoms with Crippen molar-refractivity contribution in [2.45, 2.75) is 83.9 Å². The summed E-state index contributed by atoms with van der Waals surface area (Å²) in [7, 11) is 2.21. The van der Waals surface area contributed by atoms with Crippen molar-refractivity contribution in [3.8, 4) is 0 Å². The van der Waals surface area contributed by atoms with Gasteiger partial charge in [-0.25, -0.2) is 4.79 Å². The number of aliphatic imine (C=N–C) groups is 1. The summed E-state index contributed by atoms with van der Waals surface area (Å²) in [6, 6.07) is 0.831. The zero-order valence-corrected chi connectivity index (χ0v) is 22.6. The summed E-state index contributed by atoms with van der Waals surface area (Å²) < 4.78 is 5.73. The van der Waals surface area contributed by atoms with E-state index in [0.29, 0.717) is 12.0 Å². The molecule has 1 aliphatic carbocycles. The van der Waals surface area contributed by atoms with Gasteiger partial charge in [0.05, 0.1) is 6.54 Å². The minimum absolute atomic E-state index is 0. The lowest BCUT2D eigenvalue weighted by atomic mass is 10.0. The first-order valence-corrected chi connectivity index (χ1v) is 12.0. The summed E-state index contributed by atoms with van der Waals surface area (Å²) in [5, 5.41) is 3.48. The van der Waals surface area contributed by atoms with E-state index in [1.54, 1.807) is 0 Å². The van der Waals surface area contributed by atoms with Crippen LogP contribution in [0.5, 0.6) is 0 Å². The molecule has 0 aromatic rings. The maximum atomic E-state index is 12.9. The molecule has 0 aromatic heterocycles. The Labute approximate surface area is 206 Å². The number of ether oxygens (including phenoxy) is 1. The minimum atomic E-state index is -0.447.